The lowest BCUT2D eigenvalue weighted by Gasteiger charge is -2.25. The van der Waals surface area contributed by atoms with E-state index in [9.17, 15) is 13.5 Å². The van der Waals surface area contributed by atoms with Gasteiger partial charge in [-0.2, -0.15) is 0 Å². The van der Waals surface area contributed by atoms with E-state index in [1.54, 1.807) is 24.3 Å². The van der Waals surface area contributed by atoms with Gasteiger partial charge in [0.25, 0.3) is 0 Å². The molecule has 17 heavy (non-hydrogen) atoms. The quantitative estimate of drug-likeness (QED) is 0.868. The Morgan fingerprint density at radius 1 is 1.18 bits per heavy atom. The fourth-order valence-corrected chi connectivity index (χ4v) is 3.40. The van der Waals surface area contributed by atoms with Gasteiger partial charge in [-0.05, 0) is 30.5 Å². The molecule has 0 amide bonds. The van der Waals surface area contributed by atoms with Gasteiger partial charge in [0.2, 0.25) is 0 Å². The van der Waals surface area contributed by atoms with Crippen molar-refractivity contribution < 1.29 is 18.3 Å². The molecule has 2 fully saturated rings. The van der Waals surface area contributed by atoms with E-state index < -0.39 is 20.7 Å². The Kier molecular flexibility index (Phi) is 2.33. The highest BCUT2D eigenvalue weighted by Crippen LogP contribution is 2.45. The van der Waals surface area contributed by atoms with E-state index in [4.69, 9.17) is 4.74 Å². The summed E-state index contributed by atoms with van der Waals surface area (Å²) in [5.74, 6) is 0. The molecule has 0 aromatic heterocycles. The summed E-state index contributed by atoms with van der Waals surface area (Å²) >= 11 is 0. The van der Waals surface area contributed by atoms with Gasteiger partial charge < -0.3 is 9.84 Å². The zero-order valence-corrected chi connectivity index (χ0v) is 10.1. The van der Waals surface area contributed by atoms with Gasteiger partial charge in [0.15, 0.2) is 9.84 Å². The molecule has 1 aromatic rings. The normalized spacial score (nSPS) is 23.1. The summed E-state index contributed by atoms with van der Waals surface area (Å²) in [4.78, 5) is 0.318. The maximum atomic E-state index is 12.0. The number of hydrogen-bond acceptors (Lipinski definition) is 4. The summed E-state index contributed by atoms with van der Waals surface area (Å²) in [5.41, 5.74) is 0.100. The minimum Gasteiger partial charge on any atom is -0.385 e. The van der Waals surface area contributed by atoms with Crippen LogP contribution in [0.25, 0.3) is 0 Å². The van der Waals surface area contributed by atoms with Gasteiger partial charge in [-0.25, -0.2) is 8.42 Å². The maximum Gasteiger partial charge on any atom is 0.185 e. The van der Waals surface area contributed by atoms with Gasteiger partial charge in [-0.3, -0.25) is 0 Å². The summed E-state index contributed by atoms with van der Waals surface area (Å²) in [5, 5.41) is 9.49. The summed E-state index contributed by atoms with van der Waals surface area (Å²) in [7, 11) is -3.25. The molecule has 0 spiro atoms. The average Bonchev–Trinajstić information content (AvgIpc) is 2.95. The van der Waals surface area contributed by atoms with Crippen LogP contribution in [0.15, 0.2) is 29.2 Å². The molecule has 3 rings (SSSR count). The van der Waals surface area contributed by atoms with Crippen molar-refractivity contribution in [2.24, 2.45) is 0 Å². The molecular formula is C12H14O4S. The first kappa shape index (κ1) is 11.2. The summed E-state index contributed by atoms with van der Waals surface area (Å²) in [6.45, 7) is 0.571. The zero-order valence-electron chi connectivity index (χ0n) is 9.30. The molecule has 0 atom stereocenters. The Morgan fingerprint density at radius 2 is 1.76 bits per heavy atom. The van der Waals surface area contributed by atoms with E-state index in [-0.39, 0.29) is 13.2 Å². The lowest BCUT2D eigenvalue weighted by atomic mass is 10.1. The Hall–Kier alpha value is -0.910. The van der Waals surface area contributed by atoms with E-state index in [2.05, 4.69) is 0 Å². The SMILES string of the molecule is O=S(=O)(c1ccc(C2(O)CC2)cc1)C1COC1. The van der Waals surface area contributed by atoms with Crippen molar-refractivity contribution in [2.45, 2.75) is 28.6 Å². The molecule has 1 N–H and O–H groups in total. The minimum absolute atomic E-state index is 0.286. The van der Waals surface area contributed by atoms with Crippen molar-refractivity contribution in [3.63, 3.8) is 0 Å². The van der Waals surface area contributed by atoms with E-state index in [0.29, 0.717) is 4.90 Å². The minimum atomic E-state index is -3.25. The van der Waals surface area contributed by atoms with Gasteiger partial charge in [0, 0.05) is 0 Å². The van der Waals surface area contributed by atoms with E-state index in [1.807, 2.05) is 0 Å². The smallest absolute Gasteiger partial charge is 0.185 e. The number of benzene rings is 1. The monoisotopic (exact) mass is 254 g/mol. The molecule has 1 saturated carbocycles. The molecule has 1 aromatic carbocycles. The highest BCUT2D eigenvalue weighted by molar-refractivity contribution is 7.92. The summed E-state index contributed by atoms with van der Waals surface area (Å²) in [6.07, 6.45) is 1.52. The van der Waals surface area contributed by atoms with Gasteiger partial charge in [-0.15, -0.1) is 0 Å². The fraction of sp³-hybridized carbons (Fsp3) is 0.500. The molecule has 5 heteroatoms. The average molecular weight is 254 g/mol. The largest absolute Gasteiger partial charge is 0.385 e. The zero-order chi connectivity index (χ0) is 12.1. The molecule has 0 bridgehead atoms. The topological polar surface area (TPSA) is 63.6 Å². The van der Waals surface area contributed by atoms with E-state index in [1.165, 1.54) is 0 Å². The first-order valence-corrected chi connectivity index (χ1v) is 7.22. The van der Waals surface area contributed by atoms with Crippen LogP contribution < -0.4 is 0 Å². The highest BCUT2D eigenvalue weighted by Gasteiger charge is 2.42. The van der Waals surface area contributed by atoms with Crippen LogP contribution in [0.2, 0.25) is 0 Å². The first-order valence-electron chi connectivity index (χ1n) is 5.67. The van der Waals surface area contributed by atoms with Crippen LogP contribution in [0.4, 0.5) is 0 Å². The molecule has 1 aliphatic heterocycles. The number of sulfone groups is 1. The summed E-state index contributed by atoms with van der Waals surface area (Å²) in [6, 6.07) is 6.58. The molecule has 1 aliphatic carbocycles. The van der Waals surface area contributed by atoms with E-state index in [0.717, 1.165) is 18.4 Å². The predicted molar refractivity (Wildman–Crippen MR) is 61.4 cm³/mol. The van der Waals surface area contributed by atoms with Crippen LogP contribution in [0.5, 0.6) is 0 Å². The standard InChI is InChI=1S/C12H14O4S/c13-12(5-6-12)9-1-3-10(4-2-9)17(14,15)11-7-16-8-11/h1-4,11,13H,5-8H2. The second kappa shape index (κ2) is 3.54. The lowest BCUT2D eigenvalue weighted by molar-refractivity contribution is 0.0416. The Labute approximate surface area is 100 Å². The molecule has 2 aliphatic rings. The van der Waals surface area contributed by atoms with Crippen LogP contribution in [-0.4, -0.2) is 32.0 Å². The Balaban J connectivity index is 1.89. The molecular weight excluding hydrogens is 240 g/mol. The van der Waals surface area contributed by atoms with Crippen molar-refractivity contribution in [1.82, 2.24) is 0 Å². The van der Waals surface area contributed by atoms with Gasteiger partial charge in [-0.1, -0.05) is 12.1 Å². The van der Waals surface area contributed by atoms with Crippen LogP contribution in [-0.2, 0) is 20.2 Å². The Bertz CT molecular complexity index is 524. The third-order valence-corrected chi connectivity index (χ3v) is 5.57. The third kappa shape index (κ3) is 1.78. The maximum absolute atomic E-state index is 12.0. The van der Waals surface area contributed by atoms with Gasteiger partial charge in [0.05, 0.1) is 23.7 Å². The van der Waals surface area contributed by atoms with Crippen molar-refractivity contribution in [1.29, 1.82) is 0 Å². The number of ether oxygens (including phenoxy) is 1. The molecule has 92 valence electrons. The lowest BCUT2D eigenvalue weighted by Crippen LogP contribution is -2.40. The summed E-state index contributed by atoms with van der Waals surface area (Å²) < 4.78 is 29.0. The highest BCUT2D eigenvalue weighted by atomic mass is 32.2. The van der Waals surface area contributed by atoms with Crippen LogP contribution in [0.1, 0.15) is 18.4 Å². The molecule has 1 saturated heterocycles. The fourth-order valence-electron chi connectivity index (χ4n) is 1.95. The second-order valence-corrected chi connectivity index (χ2v) is 6.99. The Morgan fingerprint density at radius 3 is 2.18 bits per heavy atom. The van der Waals surface area contributed by atoms with Crippen molar-refractivity contribution >= 4 is 9.84 Å². The number of rotatable bonds is 3. The van der Waals surface area contributed by atoms with Crippen molar-refractivity contribution in [2.75, 3.05) is 13.2 Å². The second-order valence-electron chi connectivity index (χ2n) is 4.76. The predicted octanol–water partition coefficient (Wildman–Crippen LogP) is 0.841. The van der Waals surface area contributed by atoms with Crippen molar-refractivity contribution in [3.8, 4) is 0 Å². The third-order valence-electron chi connectivity index (χ3n) is 3.49. The molecule has 0 unspecified atom stereocenters. The van der Waals surface area contributed by atoms with E-state index >= 15 is 0 Å². The molecule has 1 heterocycles. The van der Waals surface area contributed by atoms with Gasteiger partial charge >= 0.3 is 0 Å². The number of aliphatic hydroxyl groups is 1. The van der Waals surface area contributed by atoms with Crippen molar-refractivity contribution in [3.05, 3.63) is 29.8 Å². The number of hydrogen-bond donors (Lipinski definition) is 1. The van der Waals surface area contributed by atoms with Crippen LogP contribution >= 0.6 is 0 Å². The molecule has 0 radical (unpaired) electrons. The van der Waals surface area contributed by atoms with Gasteiger partial charge in [0.1, 0.15) is 5.25 Å². The van der Waals surface area contributed by atoms with Crippen LogP contribution in [0, 0.1) is 0 Å². The first-order chi connectivity index (χ1) is 8.02. The van der Waals surface area contributed by atoms with Crippen LogP contribution in [0.3, 0.4) is 0 Å². The molecule has 4 nitrogen and oxygen atoms in total.